The third kappa shape index (κ3) is 8.40. The number of anilines is 1. The van der Waals surface area contributed by atoms with E-state index in [0.717, 1.165) is 15.4 Å². The van der Waals surface area contributed by atoms with Crippen molar-refractivity contribution in [2.45, 2.75) is 37.8 Å². The van der Waals surface area contributed by atoms with E-state index in [-0.39, 0.29) is 34.3 Å². The van der Waals surface area contributed by atoms with E-state index in [4.69, 9.17) is 16.3 Å². The summed E-state index contributed by atoms with van der Waals surface area (Å²) in [5, 5.41) is 3.04. The van der Waals surface area contributed by atoms with Crippen LogP contribution in [0.5, 0.6) is 5.75 Å². The number of hydrogen-bond donors (Lipinski definition) is 1. The first-order chi connectivity index (χ1) is 21.5. The van der Waals surface area contributed by atoms with Gasteiger partial charge in [-0.05, 0) is 67.4 Å². The molecule has 11 heteroatoms. The molecule has 0 saturated carbocycles. The van der Waals surface area contributed by atoms with Crippen molar-refractivity contribution in [2.75, 3.05) is 24.5 Å². The van der Waals surface area contributed by atoms with Crippen molar-refractivity contribution in [3.05, 3.63) is 125 Å². The summed E-state index contributed by atoms with van der Waals surface area (Å²) in [6.07, 6.45) is 0.158. The predicted molar refractivity (Wildman–Crippen MR) is 173 cm³/mol. The topological polar surface area (TPSA) is 96.0 Å². The third-order valence-electron chi connectivity index (χ3n) is 7.19. The number of nitrogens with zero attached hydrogens (tertiary/aromatic N) is 2. The first-order valence-electron chi connectivity index (χ1n) is 14.3. The van der Waals surface area contributed by atoms with E-state index < -0.39 is 40.2 Å². The molecule has 2 amide bonds. The normalized spacial score (nSPS) is 11.8. The average molecular weight is 652 g/mol. The first-order valence-corrected chi connectivity index (χ1v) is 16.1. The number of amides is 2. The zero-order valence-electron chi connectivity index (χ0n) is 25.2. The Hall–Kier alpha value is -4.41. The van der Waals surface area contributed by atoms with Gasteiger partial charge in [-0.1, -0.05) is 71.8 Å². The SMILES string of the molecule is CCNC(=O)C(Cc1ccccc1)N(Cc1ccc(F)cc1)C(=O)CN(c1cc(Cl)ccc1OC)S(=O)(=O)c1ccc(C)cc1. The van der Waals surface area contributed by atoms with Crippen molar-refractivity contribution < 1.29 is 27.1 Å². The minimum Gasteiger partial charge on any atom is -0.495 e. The van der Waals surface area contributed by atoms with E-state index >= 15 is 0 Å². The van der Waals surface area contributed by atoms with Crippen LogP contribution in [0.25, 0.3) is 0 Å². The predicted octanol–water partition coefficient (Wildman–Crippen LogP) is 5.77. The highest BCUT2D eigenvalue weighted by atomic mass is 35.5. The molecule has 45 heavy (non-hydrogen) atoms. The lowest BCUT2D eigenvalue weighted by molar-refractivity contribution is -0.140. The fraction of sp³-hybridized carbons (Fsp3) is 0.235. The molecule has 4 rings (SSSR count). The van der Waals surface area contributed by atoms with Gasteiger partial charge in [0.15, 0.2) is 0 Å². The van der Waals surface area contributed by atoms with Gasteiger partial charge in [0.25, 0.3) is 10.0 Å². The van der Waals surface area contributed by atoms with Gasteiger partial charge in [-0.2, -0.15) is 0 Å². The van der Waals surface area contributed by atoms with Crippen molar-refractivity contribution in [1.82, 2.24) is 10.2 Å². The smallest absolute Gasteiger partial charge is 0.264 e. The molecule has 0 aliphatic heterocycles. The Bertz CT molecular complexity index is 1720. The summed E-state index contributed by atoms with van der Waals surface area (Å²) in [7, 11) is -2.96. The molecule has 0 aliphatic rings. The Morgan fingerprint density at radius 1 is 0.933 bits per heavy atom. The molecule has 236 valence electrons. The van der Waals surface area contributed by atoms with Crippen molar-refractivity contribution >= 4 is 39.1 Å². The third-order valence-corrected chi connectivity index (χ3v) is 9.19. The number of halogens is 2. The van der Waals surface area contributed by atoms with Crippen LogP contribution in [0.3, 0.4) is 0 Å². The van der Waals surface area contributed by atoms with E-state index in [1.165, 1.54) is 60.5 Å². The molecule has 0 aromatic heterocycles. The molecule has 0 saturated heterocycles. The number of ether oxygens (including phenoxy) is 1. The van der Waals surface area contributed by atoms with Crippen LogP contribution in [0.4, 0.5) is 10.1 Å². The zero-order chi connectivity index (χ0) is 32.6. The average Bonchev–Trinajstić information content (AvgIpc) is 3.03. The van der Waals surface area contributed by atoms with E-state index in [1.807, 2.05) is 37.3 Å². The number of hydrogen-bond acceptors (Lipinski definition) is 5. The molecule has 1 atom stereocenters. The van der Waals surface area contributed by atoms with Gasteiger partial charge in [0.05, 0.1) is 17.7 Å². The van der Waals surface area contributed by atoms with Crippen molar-refractivity contribution in [1.29, 1.82) is 0 Å². The lowest BCUT2D eigenvalue weighted by Crippen LogP contribution is -2.53. The lowest BCUT2D eigenvalue weighted by Gasteiger charge is -2.34. The van der Waals surface area contributed by atoms with Gasteiger partial charge in [-0.15, -0.1) is 0 Å². The second kappa shape index (κ2) is 15.0. The lowest BCUT2D eigenvalue weighted by atomic mass is 10.0. The van der Waals surface area contributed by atoms with E-state index in [0.29, 0.717) is 12.1 Å². The molecular weight excluding hydrogens is 617 g/mol. The number of methoxy groups -OCH3 is 1. The maximum Gasteiger partial charge on any atom is 0.264 e. The number of carbonyl (C=O) groups is 2. The van der Waals surface area contributed by atoms with Gasteiger partial charge in [0, 0.05) is 24.5 Å². The van der Waals surface area contributed by atoms with Gasteiger partial charge in [-0.25, -0.2) is 12.8 Å². The molecule has 4 aromatic rings. The number of benzene rings is 4. The van der Waals surface area contributed by atoms with E-state index in [2.05, 4.69) is 5.32 Å². The number of likely N-dealkylation sites (N-methyl/N-ethyl adjacent to an activating group) is 1. The van der Waals surface area contributed by atoms with Crippen LogP contribution in [0.15, 0.2) is 102 Å². The molecule has 8 nitrogen and oxygen atoms in total. The number of rotatable bonds is 13. The molecule has 4 aromatic carbocycles. The minimum atomic E-state index is -4.35. The molecule has 0 bridgehead atoms. The summed E-state index contributed by atoms with van der Waals surface area (Å²) in [5.74, 6) is -1.35. The Morgan fingerprint density at radius 3 is 2.22 bits per heavy atom. The number of aryl methyl sites for hydroxylation is 1. The van der Waals surface area contributed by atoms with Gasteiger partial charge in [-0.3, -0.25) is 13.9 Å². The molecule has 0 radical (unpaired) electrons. The largest absolute Gasteiger partial charge is 0.495 e. The molecule has 1 unspecified atom stereocenters. The van der Waals surface area contributed by atoms with Crippen LogP contribution in [0.1, 0.15) is 23.6 Å². The van der Waals surface area contributed by atoms with Crippen LogP contribution in [-0.2, 0) is 32.6 Å². The van der Waals surface area contributed by atoms with Gasteiger partial charge in [0.1, 0.15) is 24.2 Å². The van der Waals surface area contributed by atoms with Gasteiger partial charge >= 0.3 is 0 Å². The summed E-state index contributed by atoms with van der Waals surface area (Å²) in [5.41, 5.74) is 2.26. The van der Waals surface area contributed by atoms with Crippen molar-refractivity contribution in [2.24, 2.45) is 0 Å². The summed E-state index contributed by atoms with van der Waals surface area (Å²) in [6, 6.07) is 24.5. The highest BCUT2D eigenvalue weighted by Crippen LogP contribution is 2.35. The van der Waals surface area contributed by atoms with E-state index in [9.17, 15) is 22.4 Å². The van der Waals surface area contributed by atoms with Crippen LogP contribution < -0.4 is 14.4 Å². The van der Waals surface area contributed by atoms with Crippen molar-refractivity contribution in [3.8, 4) is 5.75 Å². The Balaban J connectivity index is 1.84. The van der Waals surface area contributed by atoms with Crippen LogP contribution in [0, 0.1) is 12.7 Å². The fourth-order valence-electron chi connectivity index (χ4n) is 4.84. The second-order valence-electron chi connectivity index (χ2n) is 10.4. The fourth-order valence-corrected chi connectivity index (χ4v) is 6.42. The van der Waals surface area contributed by atoms with Crippen molar-refractivity contribution in [3.63, 3.8) is 0 Å². The number of carbonyl (C=O) groups excluding carboxylic acids is 2. The molecular formula is C34H35ClFN3O5S. The Kier molecular flexibility index (Phi) is 11.2. The first kappa shape index (κ1) is 33.5. The quantitative estimate of drug-likeness (QED) is 0.198. The maximum absolute atomic E-state index is 14.4. The summed E-state index contributed by atoms with van der Waals surface area (Å²) < 4.78 is 48.7. The maximum atomic E-state index is 14.4. The number of nitrogens with one attached hydrogen (secondary N) is 1. The summed E-state index contributed by atoms with van der Waals surface area (Å²) in [6.45, 7) is 3.15. The van der Waals surface area contributed by atoms with Gasteiger partial charge < -0.3 is 15.0 Å². The van der Waals surface area contributed by atoms with Gasteiger partial charge in [0.2, 0.25) is 11.8 Å². The Morgan fingerprint density at radius 2 is 1.60 bits per heavy atom. The summed E-state index contributed by atoms with van der Waals surface area (Å²) >= 11 is 6.32. The molecule has 0 aliphatic carbocycles. The van der Waals surface area contributed by atoms with Crippen LogP contribution >= 0.6 is 11.6 Å². The Labute approximate surface area is 268 Å². The second-order valence-corrected chi connectivity index (χ2v) is 12.7. The highest BCUT2D eigenvalue weighted by molar-refractivity contribution is 7.92. The van der Waals surface area contributed by atoms with E-state index in [1.54, 1.807) is 25.1 Å². The van der Waals surface area contributed by atoms with Crippen LogP contribution in [0.2, 0.25) is 5.02 Å². The molecule has 0 spiro atoms. The molecule has 0 fully saturated rings. The standard InChI is InChI=1S/C34H35ClFN3O5S/c1-4-37-34(41)31(20-25-8-6-5-7-9-25)38(22-26-12-15-28(36)16-13-26)33(40)23-39(30-21-27(35)14-19-32(30)44-3)45(42,43)29-17-10-24(2)11-18-29/h5-19,21,31H,4,20,22-23H2,1-3H3,(H,37,41). The molecule has 1 N–H and O–H groups in total. The zero-order valence-corrected chi connectivity index (χ0v) is 26.8. The summed E-state index contributed by atoms with van der Waals surface area (Å²) in [4.78, 5) is 29.3. The molecule has 0 heterocycles. The van der Waals surface area contributed by atoms with Crippen LogP contribution in [-0.4, -0.2) is 51.4 Å². The highest BCUT2D eigenvalue weighted by Gasteiger charge is 2.35. The minimum absolute atomic E-state index is 0.0439. The monoisotopic (exact) mass is 651 g/mol. The number of sulfonamides is 1.